The molecule has 0 aliphatic carbocycles. The Morgan fingerprint density at radius 3 is 3.00 bits per heavy atom. The number of amides is 1. The molecular formula is C5H7N3OS. The van der Waals surface area contributed by atoms with Crippen molar-refractivity contribution < 1.29 is 4.79 Å². The van der Waals surface area contributed by atoms with Gasteiger partial charge in [-0.15, -0.1) is 0 Å². The summed E-state index contributed by atoms with van der Waals surface area (Å²) in [6, 6.07) is 0. The molecule has 0 aromatic carbocycles. The maximum Gasteiger partial charge on any atom is 0.277 e. The number of nitrogens with two attached hydrogens (primary N) is 1. The van der Waals surface area contributed by atoms with Crippen LogP contribution in [0.2, 0.25) is 0 Å². The first-order chi connectivity index (χ1) is 4.75. The topological polar surface area (TPSA) is 68.0 Å². The maximum atomic E-state index is 10.8. The monoisotopic (exact) mass is 157 g/mol. The SMILES string of the molecule is Cc1cnsc1C(=O)NN. The van der Waals surface area contributed by atoms with Crippen LogP contribution >= 0.6 is 11.5 Å². The fourth-order valence-electron chi connectivity index (χ4n) is 0.575. The predicted molar refractivity (Wildman–Crippen MR) is 38.5 cm³/mol. The lowest BCUT2D eigenvalue weighted by molar-refractivity contribution is 0.0957. The number of carbonyl (C=O) groups is 1. The fourth-order valence-corrected chi connectivity index (χ4v) is 1.23. The molecule has 3 N–H and O–H groups in total. The van der Waals surface area contributed by atoms with Crippen LogP contribution in [0, 0.1) is 6.92 Å². The zero-order chi connectivity index (χ0) is 7.56. The third kappa shape index (κ3) is 1.14. The van der Waals surface area contributed by atoms with Crippen molar-refractivity contribution >= 4 is 17.4 Å². The molecule has 4 nitrogen and oxygen atoms in total. The normalized spacial score (nSPS) is 9.40. The Morgan fingerprint density at radius 2 is 2.60 bits per heavy atom. The number of rotatable bonds is 1. The van der Waals surface area contributed by atoms with Gasteiger partial charge in [-0.25, -0.2) is 10.2 Å². The minimum absolute atomic E-state index is 0.278. The van der Waals surface area contributed by atoms with Crippen molar-refractivity contribution in [3.05, 3.63) is 16.6 Å². The maximum absolute atomic E-state index is 10.8. The van der Waals surface area contributed by atoms with Crippen molar-refractivity contribution in [1.82, 2.24) is 9.80 Å². The van der Waals surface area contributed by atoms with E-state index < -0.39 is 0 Å². The van der Waals surface area contributed by atoms with Crippen molar-refractivity contribution in [3.63, 3.8) is 0 Å². The third-order valence-corrected chi connectivity index (χ3v) is 1.99. The van der Waals surface area contributed by atoms with E-state index in [0.717, 1.165) is 17.1 Å². The molecule has 0 atom stereocenters. The van der Waals surface area contributed by atoms with E-state index >= 15 is 0 Å². The highest BCUT2D eigenvalue weighted by atomic mass is 32.1. The van der Waals surface area contributed by atoms with Crippen molar-refractivity contribution in [1.29, 1.82) is 0 Å². The lowest BCUT2D eigenvalue weighted by atomic mass is 10.3. The minimum atomic E-state index is -0.278. The van der Waals surface area contributed by atoms with Crippen molar-refractivity contribution in [3.8, 4) is 0 Å². The number of hydrazine groups is 1. The van der Waals surface area contributed by atoms with Gasteiger partial charge in [-0.2, -0.15) is 0 Å². The van der Waals surface area contributed by atoms with Gasteiger partial charge in [-0.05, 0) is 24.0 Å². The van der Waals surface area contributed by atoms with Gasteiger partial charge >= 0.3 is 0 Å². The van der Waals surface area contributed by atoms with Crippen LogP contribution in [-0.2, 0) is 0 Å². The first kappa shape index (κ1) is 7.17. The van der Waals surface area contributed by atoms with Gasteiger partial charge in [-0.1, -0.05) is 0 Å². The van der Waals surface area contributed by atoms with Crippen LogP contribution in [0.1, 0.15) is 15.2 Å². The van der Waals surface area contributed by atoms with E-state index in [1.165, 1.54) is 0 Å². The number of aryl methyl sites for hydroxylation is 1. The minimum Gasteiger partial charge on any atom is -0.289 e. The Hall–Kier alpha value is -0.940. The van der Waals surface area contributed by atoms with Gasteiger partial charge in [0.15, 0.2) is 0 Å². The van der Waals surface area contributed by atoms with Crippen LogP contribution < -0.4 is 11.3 Å². The first-order valence-corrected chi connectivity index (χ1v) is 3.45. The first-order valence-electron chi connectivity index (χ1n) is 2.68. The molecule has 1 rings (SSSR count). The van der Waals surface area contributed by atoms with Crippen molar-refractivity contribution in [2.75, 3.05) is 0 Å². The van der Waals surface area contributed by atoms with Crippen molar-refractivity contribution in [2.45, 2.75) is 6.92 Å². The van der Waals surface area contributed by atoms with Gasteiger partial charge in [0, 0.05) is 6.20 Å². The summed E-state index contributed by atoms with van der Waals surface area (Å²) in [5.41, 5.74) is 2.89. The standard InChI is InChI=1S/C5H7N3OS/c1-3-2-7-10-4(3)5(9)8-6/h2H,6H2,1H3,(H,8,9). The van der Waals surface area contributed by atoms with E-state index in [1.807, 2.05) is 12.3 Å². The number of hydrogen-bond donors (Lipinski definition) is 2. The Morgan fingerprint density at radius 1 is 1.90 bits per heavy atom. The molecule has 5 heteroatoms. The molecule has 1 aromatic rings. The number of nitrogen functional groups attached to an aromatic ring is 1. The number of nitrogens with one attached hydrogen (secondary N) is 1. The van der Waals surface area contributed by atoms with E-state index in [0.29, 0.717) is 4.88 Å². The van der Waals surface area contributed by atoms with Crippen LogP contribution in [0.15, 0.2) is 6.20 Å². The van der Waals surface area contributed by atoms with Gasteiger partial charge in [0.05, 0.1) is 0 Å². The molecule has 10 heavy (non-hydrogen) atoms. The molecule has 0 fully saturated rings. The molecule has 0 saturated carbocycles. The quantitative estimate of drug-likeness (QED) is 0.344. The second-order valence-corrected chi connectivity index (χ2v) is 2.61. The molecule has 1 heterocycles. The van der Waals surface area contributed by atoms with Gasteiger partial charge in [-0.3, -0.25) is 10.2 Å². The van der Waals surface area contributed by atoms with Crippen LogP contribution in [-0.4, -0.2) is 10.3 Å². The molecule has 0 bridgehead atoms. The molecule has 54 valence electrons. The average molecular weight is 157 g/mol. The van der Waals surface area contributed by atoms with Gasteiger partial charge < -0.3 is 0 Å². The summed E-state index contributed by atoms with van der Waals surface area (Å²) >= 11 is 1.14. The highest BCUT2D eigenvalue weighted by molar-refractivity contribution is 7.08. The zero-order valence-corrected chi connectivity index (χ0v) is 6.23. The third-order valence-electron chi connectivity index (χ3n) is 1.09. The number of aromatic nitrogens is 1. The molecule has 0 unspecified atom stereocenters. The summed E-state index contributed by atoms with van der Waals surface area (Å²) in [6.45, 7) is 1.81. The molecule has 0 aliphatic heterocycles. The molecule has 0 spiro atoms. The van der Waals surface area contributed by atoms with Gasteiger partial charge in [0.1, 0.15) is 4.88 Å². The van der Waals surface area contributed by atoms with E-state index in [9.17, 15) is 4.79 Å². The van der Waals surface area contributed by atoms with E-state index in [2.05, 4.69) is 4.37 Å². The molecular weight excluding hydrogens is 150 g/mol. The lowest BCUT2D eigenvalue weighted by Gasteiger charge is -1.93. The Labute approximate surface area is 62.2 Å². The average Bonchev–Trinajstić information content (AvgIpc) is 2.34. The summed E-state index contributed by atoms with van der Waals surface area (Å²) in [6.07, 6.45) is 1.63. The lowest BCUT2D eigenvalue weighted by Crippen LogP contribution is -2.29. The molecule has 0 saturated heterocycles. The molecule has 0 aliphatic rings. The van der Waals surface area contributed by atoms with Crippen LogP contribution in [0.5, 0.6) is 0 Å². The molecule has 1 aromatic heterocycles. The largest absolute Gasteiger partial charge is 0.289 e. The summed E-state index contributed by atoms with van der Waals surface area (Å²) in [5.74, 6) is 4.63. The Balaban J connectivity index is 2.93. The smallest absolute Gasteiger partial charge is 0.277 e. The van der Waals surface area contributed by atoms with Crippen LogP contribution in [0.4, 0.5) is 0 Å². The number of nitrogens with zero attached hydrogens (tertiary/aromatic N) is 1. The second kappa shape index (κ2) is 2.76. The Kier molecular flexibility index (Phi) is 1.98. The number of carbonyl (C=O) groups excluding carboxylic acids is 1. The summed E-state index contributed by atoms with van der Waals surface area (Å²) in [4.78, 5) is 11.4. The Bertz CT molecular complexity index is 245. The molecule has 0 radical (unpaired) electrons. The van der Waals surface area contributed by atoms with Gasteiger partial charge in [0.25, 0.3) is 5.91 Å². The summed E-state index contributed by atoms with van der Waals surface area (Å²) < 4.78 is 3.82. The number of hydrogen-bond acceptors (Lipinski definition) is 4. The van der Waals surface area contributed by atoms with E-state index in [4.69, 9.17) is 5.84 Å². The van der Waals surface area contributed by atoms with Crippen LogP contribution in [0.25, 0.3) is 0 Å². The van der Waals surface area contributed by atoms with Gasteiger partial charge in [0.2, 0.25) is 0 Å². The van der Waals surface area contributed by atoms with Crippen molar-refractivity contribution in [2.24, 2.45) is 5.84 Å². The zero-order valence-electron chi connectivity index (χ0n) is 5.42. The molecule has 1 amide bonds. The van der Waals surface area contributed by atoms with E-state index in [1.54, 1.807) is 6.20 Å². The predicted octanol–water partition coefficient (Wildman–Crippen LogP) is 0.0550. The fraction of sp³-hybridized carbons (Fsp3) is 0.200. The van der Waals surface area contributed by atoms with E-state index in [-0.39, 0.29) is 5.91 Å². The highest BCUT2D eigenvalue weighted by Gasteiger charge is 2.08. The summed E-state index contributed by atoms with van der Waals surface area (Å²) in [7, 11) is 0. The highest BCUT2D eigenvalue weighted by Crippen LogP contribution is 2.10. The summed E-state index contributed by atoms with van der Waals surface area (Å²) in [5, 5.41) is 0. The van der Waals surface area contributed by atoms with Crippen LogP contribution in [0.3, 0.4) is 0 Å². The second-order valence-electron chi connectivity index (χ2n) is 1.81.